The van der Waals surface area contributed by atoms with Crippen molar-refractivity contribution in [2.24, 2.45) is 0 Å². The molecule has 5 heteroatoms. The Labute approximate surface area is 153 Å². The van der Waals surface area contributed by atoms with Crippen molar-refractivity contribution < 1.29 is 9.84 Å². The number of hydrogen-bond acceptors (Lipinski definition) is 4. The van der Waals surface area contributed by atoms with Crippen LogP contribution in [0.15, 0.2) is 42.5 Å². The van der Waals surface area contributed by atoms with Crippen LogP contribution in [0.1, 0.15) is 35.9 Å². The van der Waals surface area contributed by atoms with Crippen molar-refractivity contribution in [3.8, 4) is 5.75 Å². The third-order valence-electron chi connectivity index (χ3n) is 5.12. The maximum Gasteiger partial charge on any atom is 0.144 e. The van der Waals surface area contributed by atoms with Gasteiger partial charge in [-0.05, 0) is 51.1 Å². The van der Waals surface area contributed by atoms with E-state index in [9.17, 15) is 5.11 Å². The van der Waals surface area contributed by atoms with Crippen molar-refractivity contribution in [3.63, 3.8) is 0 Å². The number of fused-ring (bicyclic) bond motifs is 1. The van der Waals surface area contributed by atoms with Gasteiger partial charge in [-0.3, -0.25) is 0 Å². The zero-order valence-corrected chi connectivity index (χ0v) is 15.3. The molecule has 1 unspecified atom stereocenters. The molecule has 1 atom stereocenters. The number of nitrogens with zero attached hydrogens (tertiary/aromatic N) is 2. The van der Waals surface area contributed by atoms with Crippen LogP contribution < -0.4 is 0 Å². The number of nitrogens with one attached hydrogen (secondary N) is 1. The van der Waals surface area contributed by atoms with E-state index in [0.29, 0.717) is 0 Å². The van der Waals surface area contributed by atoms with Crippen LogP contribution in [0.4, 0.5) is 0 Å². The summed E-state index contributed by atoms with van der Waals surface area (Å²) in [5, 5.41) is 10.5. The molecule has 0 amide bonds. The second-order valence-corrected chi connectivity index (χ2v) is 7.22. The number of para-hydroxylation sites is 2. The molecule has 4 rings (SSSR count). The van der Waals surface area contributed by atoms with Crippen LogP contribution in [-0.2, 0) is 4.74 Å². The van der Waals surface area contributed by atoms with E-state index in [4.69, 9.17) is 9.72 Å². The summed E-state index contributed by atoms with van der Waals surface area (Å²) in [7, 11) is 2.14. The Hall–Kier alpha value is -2.37. The smallest absolute Gasteiger partial charge is 0.144 e. The number of phenolic OH excluding ortho intramolecular Hbond substituents is 1. The lowest BCUT2D eigenvalue weighted by molar-refractivity contribution is -0.0271. The third kappa shape index (κ3) is 3.45. The number of phenols is 1. The van der Waals surface area contributed by atoms with Crippen LogP contribution in [0.25, 0.3) is 11.0 Å². The molecule has 0 spiro atoms. The molecule has 5 nitrogen and oxygen atoms in total. The van der Waals surface area contributed by atoms with Crippen molar-refractivity contribution in [2.45, 2.75) is 32.0 Å². The normalized spacial score (nSPS) is 17.6. The number of imidazole rings is 1. The number of H-pyrrole nitrogens is 1. The van der Waals surface area contributed by atoms with Crippen molar-refractivity contribution >= 4 is 11.0 Å². The summed E-state index contributed by atoms with van der Waals surface area (Å²) in [6, 6.07) is 13.6. The largest absolute Gasteiger partial charge is 0.508 e. The molecule has 1 fully saturated rings. The number of piperidine rings is 1. The Morgan fingerprint density at radius 1 is 1.19 bits per heavy atom. The zero-order valence-electron chi connectivity index (χ0n) is 15.3. The molecule has 2 aromatic carbocycles. The van der Waals surface area contributed by atoms with E-state index in [1.54, 1.807) is 6.07 Å². The number of aromatic amines is 1. The Morgan fingerprint density at radius 2 is 1.96 bits per heavy atom. The van der Waals surface area contributed by atoms with E-state index in [-0.39, 0.29) is 11.9 Å². The molecule has 1 aliphatic rings. The van der Waals surface area contributed by atoms with Gasteiger partial charge in [0.15, 0.2) is 0 Å². The summed E-state index contributed by atoms with van der Waals surface area (Å²) in [6.45, 7) is 4.07. The van der Waals surface area contributed by atoms with Gasteiger partial charge < -0.3 is 19.7 Å². The number of hydrogen-bond donors (Lipinski definition) is 2. The zero-order chi connectivity index (χ0) is 18.1. The summed E-state index contributed by atoms with van der Waals surface area (Å²) in [5.41, 5.74) is 3.74. The number of aryl methyl sites for hydroxylation is 1. The number of aromatic nitrogens is 2. The Balaban J connectivity index is 1.72. The Bertz CT molecular complexity index is 864. The average molecular weight is 351 g/mol. The first kappa shape index (κ1) is 17.1. The molecule has 0 saturated carbocycles. The lowest BCUT2D eigenvalue weighted by Gasteiger charge is -2.31. The molecule has 1 aliphatic heterocycles. The van der Waals surface area contributed by atoms with Crippen LogP contribution in [0.3, 0.4) is 0 Å². The summed E-state index contributed by atoms with van der Waals surface area (Å²) >= 11 is 0. The fraction of sp³-hybridized carbons (Fsp3) is 0.381. The van der Waals surface area contributed by atoms with E-state index in [2.05, 4.69) is 16.9 Å². The van der Waals surface area contributed by atoms with Gasteiger partial charge in [0.25, 0.3) is 0 Å². The number of aromatic hydroxyl groups is 1. The second-order valence-electron chi connectivity index (χ2n) is 7.22. The van der Waals surface area contributed by atoms with Crippen molar-refractivity contribution in [3.05, 3.63) is 59.4 Å². The molecule has 0 aliphatic carbocycles. The molecule has 2 N–H and O–H groups in total. The number of rotatable bonds is 4. The minimum atomic E-state index is -0.407. The van der Waals surface area contributed by atoms with Crippen LogP contribution >= 0.6 is 0 Å². The molecular weight excluding hydrogens is 326 g/mol. The van der Waals surface area contributed by atoms with E-state index < -0.39 is 6.10 Å². The Kier molecular flexibility index (Phi) is 4.66. The lowest BCUT2D eigenvalue weighted by atomic mass is 10.0. The molecular formula is C21H25N3O2. The van der Waals surface area contributed by atoms with Crippen molar-refractivity contribution in [1.82, 2.24) is 14.9 Å². The lowest BCUT2D eigenvalue weighted by Crippen LogP contribution is -2.35. The first-order chi connectivity index (χ1) is 12.6. The molecule has 3 aromatic rings. The molecule has 2 heterocycles. The first-order valence-electron chi connectivity index (χ1n) is 9.18. The van der Waals surface area contributed by atoms with E-state index in [1.165, 1.54) is 0 Å². The van der Waals surface area contributed by atoms with Gasteiger partial charge in [-0.2, -0.15) is 0 Å². The second kappa shape index (κ2) is 7.09. The van der Waals surface area contributed by atoms with Gasteiger partial charge in [0.2, 0.25) is 0 Å². The van der Waals surface area contributed by atoms with E-state index >= 15 is 0 Å². The van der Waals surface area contributed by atoms with Gasteiger partial charge in [-0.25, -0.2) is 4.98 Å². The van der Waals surface area contributed by atoms with Gasteiger partial charge in [-0.15, -0.1) is 0 Å². The van der Waals surface area contributed by atoms with Gasteiger partial charge in [-0.1, -0.05) is 23.8 Å². The van der Waals surface area contributed by atoms with E-state index in [1.807, 2.05) is 43.3 Å². The number of likely N-dealkylation sites (tertiary alicyclic amines) is 1. The fourth-order valence-corrected chi connectivity index (χ4v) is 3.58. The topological polar surface area (TPSA) is 61.4 Å². The van der Waals surface area contributed by atoms with Gasteiger partial charge >= 0.3 is 0 Å². The van der Waals surface area contributed by atoms with Crippen LogP contribution in [0, 0.1) is 6.92 Å². The third-order valence-corrected chi connectivity index (χ3v) is 5.12. The number of benzene rings is 2. The highest BCUT2D eigenvalue weighted by atomic mass is 16.5. The molecule has 136 valence electrons. The van der Waals surface area contributed by atoms with Crippen LogP contribution in [-0.4, -0.2) is 46.2 Å². The quantitative estimate of drug-likeness (QED) is 0.751. The fourth-order valence-electron chi connectivity index (χ4n) is 3.58. The van der Waals surface area contributed by atoms with Crippen LogP contribution in [0.2, 0.25) is 0 Å². The SMILES string of the molecule is Cc1ccc(O)c(C(OC2CCN(C)CC2)c2nc3ccccc3[nH]2)c1. The summed E-state index contributed by atoms with van der Waals surface area (Å²) < 4.78 is 6.50. The molecule has 1 aromatic heterocycles. The highest BCUT2D eigenvalue weighted by Gasteiger charge is 2.27. The minimum Gasteiger partial charge on any atom is -0.508 e. The standard InChI is InChI=1S/C21H25N3O2/c1-14-7-8-19(25)16(13-14)20(26-15-9-11-24(2)12-10-15)21-22-17-5-3-4-6-18(17)23-21/h3-8,13,15,20,25H,9-12H2,1-2H3,(H,22,23). The maximum absolute atomic E-state index is 10.5. The molecule has 0 radical (unpaired) electrons. The van der Waals surface area contributed by atoms with Crippen molar-refractivity contribution in [1.29, 1.82) is 0 Å². The molecule has 0 bridgehead atoms. The van der Waals surface area contributed by atoms with E-state index in [0.717, 1.165) is 53.9 Å². The minimum absolute atomic E-state index is 0.157. The number of ether oxygens (including phenoxy) is 1. The first-order valence-corrected chi connectivity index (χ1v) is 9.18. The van der Waals surface area contributed by atoms with Crippen molar-refractivity contribution in [2.75, 3.05) is 20.1 Å². The molecule has 1 saturated heterocycles. The highest BCUT2D eigenvalue weighted by Crippen LogP contribution is 2.35. The predicted molar refractivity (Wildman–Crippen MR) is 102 cm³/mol. The summed E-state index contributed by atoms with van der Waals surface area (Å²) in [5.74, 6) is 0.986. The summed E-state index contributed by atoms with van der Waals surface area (Å²) in [6.07, 6.45) is 1.72. The monoisotopic (exact) mass is 351 g/mol. The van der Waals surface area contributed by atoms with Gasteiger partial charge in [0, 0.05) is 18.7 Å². The molecule has 26 heavy (non-hydrogen) atoms. The predicted octanol–water partition coefficient (Wildman–Crippen LogP) is 3.78. The van der Waals surface area contributed by atoms with Gasteiger partial charge in [0.1, 0.15) is 17.7 Å². The Morgan fingerprint density at radius 3 is 2.73 bits per heavy atom. The van der Waals surface area contributed by atoms with Crippen LogP contribution in [0.5, 0.6) is 5.75 Å². The summed E-state index contributed by atoms with van der Waals surface area (Å²) in [4.78, 5) is 10.4. The maximum atomic E-state index is 10.5. The highest BCUT2D eigenvalue weighted by molar-refractivity contribution is 5.75. The van der Waals surface area contributed by atoms with Gasteiger partial charge in [0.05, 0.1) is 17.1 Å². The average Bonchev–Trinajstić information content (AvgIpc) is 3.07.